The minimum Gasteiger partial charge on any atom is -0.293 e. The van der Waals surface area contributed by atoms with Crippen molar-refractivity contribution in [2.24, 2.45) is 11.0 Å². The number of hydrogen-bond donors (Lipinski definition) is 0. The summed E-state index contributed by atoms with van der Waals surface area (Å²) in [6.45, 7) is 1.62. The van der Waals surface area contributed by atoms with Crippen LogP contribution in [0, 0.1) is 16.0 Å². The molecule has 0 aromatic heterocycles. The number of nitro groups is 1. The van der Waals surface area contributed by atoms with Gasteiger partial charge in [0.1, 0.15) is 5.92 Å². The molecule has 1 atom stereocenters. The lowest BCUT2D eigenvalue weighted by molar-refractivity contribution is -0.384. The number of carbonyl (C=O) groups excluding carboxylic acids is 2. The predicted molar refractivity (Wildman–Crippen MR) is 88.0 cm³/mol. The third kappa shape index (κ3) is 2.67. The summed E-state index contributed by atoms with van der Waals surface area (Å²) in [5.74, 6) is -1.86. The fourth-order valence-corrected chi connectivity index (χ4v) is 2.54. The van der Waals surface area contributed by atoms with Crippen LogP contribution in [0.15, 0.2) is 59.7 Å². The van der Waals surface area contributed by atoms with Crippen molar-refractivity contribution >= 4 is 28.8 Å². The van der Waals surface area contributed by atoms with E-state index in [1.165, 1.54) is 29.3 Å². The van der Waals surface area contributed by atoms with Gasteiger partial charge in [0.05, 0.1) is 16.3 Å². The number of hydrogen-bond acceptors (Lipinski definition) is 5. The highest BCUT2D eigenvalue weighted by atomic mass is 16.6. The summed E-state index contributed by atoms with van der Waals surface area (Å²) in [7, 11) is 0. The molecule has 7 heteroatoms. The molecule has 2 aromatic carbocycles. The molecule has 1 heterocycles. The summed E-state index contributed by atoms with van der Waals surface area (Å²) < 4.78 is 0. The highest BCUT2D eigenvalue weighted by Crippen LogP contribution is 2.26. The first-order valence-corrected chi connectivity index (χ1v) is 7.22. The SMILES string of the molecule is CC1=NN(c2ccccc2)C(=O)[C@H]1C(=O)c1ccc([N+](=O)[O-])cc1. The van der Waals surface area contributed by atoms with Gasteiger partial charge in [0.15, 0.2) is 5.78 Å². The van der Waals surface area contributed by atoms with Crippen LogP contribution in [-0.4, -0.2) is 22.3 Å². The molecule has 2 aromatic rings. The maximum Gasteiger partial charge on any atom is 0.269 e. The van der Waals surface area contributed by atoms with Crippen LogP contribution in [0.5, 0.6) is 0 Å². The molecule has 1 aliphatic heterocycles. The first-order chi connectivity index (χ1) is 11.5. The molecule has 7 nitrogen and oxygen atoms in total. The lowest BCUT2D eigenvalue weighted by Gasteiger charge is -2.13. The fraction of sp³-hybridized carbons (Fsp3) is 0.118. The highest BCUT2D eigenvalue weighted by molar-refractivity contribution is 6.30. The number of non-ortho nitro benzene ring substituents is 1. The van der Waals surface area contributed by atoms with Crippen LogP contribution >= 0.6 is 0 Å². The van der Waals surface area contributed by atoms with Gasteiger partial charge in [-0.15, -0.1) is 0 Å². The van der Waals surface area contributed by atoms with E-state index < -0.39 is 22.5 Å². The molecule has 0 aliphatic carbocycles. The average molecular weight is 323 g/mol. The molecular weight excluding hydrogens is 310 g/mol. The van der Waals surface area contributed by atoms with Gasteiger partial charge < -0.3 is 0 Å². The summed E-state index contributed by atoms with van der Waals surface area (Å²) in [5, 5.41) is 16.1. The van der Waals surface area contributed by atoms with Crippen molar-refractivity contribution in [3.8, 4) is 0 Å². The monoisotopic (exact) mass is 323 g/mol. The topological polar surface area (TPSA) is 92.9 Å². The molecule has 0 unspecified atom stereocenters. The van der Waals surface area contributed by atoms with E-state index in [0.717, 1.165) is 0 Å². The molecular formula is C17H13N3O4. The van der Waals surface area contributed by atoms with Gasteiger partial charge in [-0.1, -0.05) is 18.2 Å². The maximum atomic E-state index is 12.6. The van der Waals surface area contributed by atoms with Crippen LogP contribution in [0.3, 0.4) is 0 Å². The summed E-state index contributed by atoms with van der Waals surface area (Å²) in [5.41, 5.74) is 1.11. The molecule has 1 aliphatic rings. The zero-order chi connectivity index (χ0) is 17.3. The molecule has 0 spiro atoms. The van der Waals surface area contributed by atoms with Gasteiger partial charge in [-0.05, 0) is 31.2 Å². The van der Waals surface area contributed by atoms with Gasteiger partial charge in [-0.3, -0.25) is 19.7 Å². The average Bonchev–Trinajstić information content (AvgIpc) is 2.89. The van der Waals surface area contributed by atoms with Crippen LogP contribution in [0.4, 0.5) is 11.4 Å². The number of nitro benzene ring substituents is 1. The van der Waals surface area contributed by atoms with Gasteiger partial charge in [-0.25, -0.2) is 0 Å². The quantitative estimate of drug-likeness (QED) is 0.374. The summed E-state index contributed by atoms with van der Waals surface area (Å²) in [6, 6.07) is 14.0. The van der Waals surface area contributed by atoms with Crippen molar-refractivity contribution in [3.63, 3.8) is 0 Å². The van der Waals surface area contributed by atoms with Crippen LogP contribution in [0.2, 0.25) is 0 Å². The Morgan fingerprint density at radius 2 is 1.75 bits per heavy atom. The standard InChI is InChI=1S/C17H13N3O4/c1-11-15(16(21)12-7-9-14(10-8-12)20(23)24)17(22)19(18-11)13-5-3-2-4-6-13/h2-10,15H,1H3/t15-/m1/s1. The van der Waals surface area contributed by atoms with E-state index in [2.05, 4.69) is 5.10 Å². The largest absolute Gasteiger partial charge is 0.293 e. The number of ketones is 1. The third-order valence-corrected chi connectivity index (χ3v) is 3.76. The van der Waals surface area contributed by atoms with Crippen molar-refractivity contribution in [2.75, 3.05) is 5.01 Å². The Morgan fingerprint density at radius 3 is 2.33 bits per heavy atom. The Hall–Kier alpha value is -3.35. The Bertz CT molecular complexity index is 844. The molecule has 0 fully saturated rings. The molecule has 0 radical (unpaired) electrons. The lowest BCUT2D eigenvalue weighted by atomic mass is 9.93. The number of hydrazone groups is 1. The van der Waals surface area contributed by atoms with Gasteiger partial charge in [0, 0.05) is 17.7 Å². The van der Waals surface area contributed by atoms with Crippen molar-refractivity contribution in [1.29, 1.82) is 0 Å². The third-order valence-electron chi connectivity index (χ3n) is 3.76. The number of Topliss-reactive ketones (excluding diaryl/α,β-unsaturated/α-hetero) is 1. The Balaban J connectivity index is 1.87. The normalized spacial score (nSPS) is 16.9. The molecule has 1 amide bonds. The first kappa shape index (κ1) is 15.5. The van der Waals surface area contributed by atoms with Gasteiger partial charge in [0.2, 0.25) is 0 Å². The second-order valence-corrected chi connectivity index (χ2v) is 5.33. The van der Waals surface area contributed by atoms with Crippen molar-refractivity contribution in [3.05, 3.63) is 70.3 Å². The molecule has 24 heavy (non-hydrogen) atoms. The first-order valence-electron chi connectivity index (χ1n) is 7.22. The van der Waals surface area contributed by atoms with E-state index in [9.17, 15) is 19.7 Å². The van der Waals surface area contributed by atoms with E-state index in [4.69, 9.17) is 0 Å². The number of rotatable bonds is 4. The summed E-state index contributed by atoms with van der Waals surface area (Å²) >= 11 is 0. The van der Waals surface area contributed by atoms with Crippen molar-refractivity contribution in [1.82, 2.24) is 0 Å². The van der Waals surface area contributed by atoms with Gasteiger partial charge >= 0.3 is 0 Å². The van der Waals surface area contributed by atoms with Crippen LogP contribution in [0.1, 0.15) is 17.3 Å². The van der Waals surface area contributed by atoms with Crippen molar-refractivity contribution < 1.29 is 14.5 Å². The van der Waals surface area contributed by atoms with Gasteiger partial charge in [-0.2, -0.15) is 10.1 Å². The zero-order valence-electron chi connectivity index (χ0n) is 12.7. The summed E-state index contributed by atoms with van der Waals surface area (Å²) in [6.07, 6.45) is 0. The fourth-order valence-electron chi connectivity index (χ4n) is 2.54. The van der Waals surface area contributed by atoms with Gasteiger partial charge in [0.25, 0.3) is 11.6 Å². The van der Waals surface area contributed by atoms with E-state index in [1.54, 1.807) is 31.2 Å². The zero-order valence-corrected chi connectivity index (χ0v) is 12.7. The Kier molecular flexibility index (Phi) is 3.91. The number of carbonyl (C=O) groups is 2. The molecule has 0 saturated carbocycles. The maximum absolute atomic E-state index is 12.6. The van der Waals surface area contributed by atoms with E-state index >= 15 is 0 Å². The molecule has 3 rings (SSSR count). The Labute approximate surface area is 137 Å². The molecule has 0 saturated heterocycles. The van der Waals surface area contributed by atoms with E-state index in [-0.39, 0.29) is 11.3 Å². The second-order valence-electron chi connectivity index (χ2n) is 5.33. The smallest absolute Gasteiger partial charge is 0.269 e. The van der Waals surface area contributed by atoms with Crippen molar-refractivity contribution in [2.45, 2.75) is 6.92 Å². The van der Waals surface area contributed by atoms with E-state index in [1.807, 2.05) is 6.07 Å². The molecule has 120 valence electrons. The Morgan fingerprint density at radius 1 is 1.12 bits per heavy atom. The highest BCUT2D eigenvalue weighted by Gasteiger charge is 2.39. The van der Waals surface area contributed by atoms with Crippen LogP contribution in [-0.2, 0) is 4.79 Å². The minimum atomic E-state index is -1.01. The number of benzene rings is 2. The van der Waals surface area contributed by atoms with Crippen LogP contribution in [0.25, 0.3) is 0 Å². The van der Waals surface area contributed by atoms with E-state index in [0.29, 0.717) is 11.4 Å². The molecule has 0 N–H and O–H groups in total. The number of anilines is 1. The number of amides is 1. The predicted octanol–water partition coefficient (Wildman–Crippen LogP) is 2.82. The molecule has 0 bridgehead atoms. The summed E-state index contributed by atoms with van der Waals surface area (Å²) in [4.78, 5) is 35.4. The minimum absolute atomic E-state index is 0.111. The second kappa shape index (κ2) is 6.04. The number of para-hydroxylation sites is 1. The van der Waals surface area contributed by atoms with Crippen LogP contribution < -0.4 is 5.01 Å². The lowest BCUT2D eigenvalue weighted by Crippen LogP contribution is -2.32. The number of nitrogens with zero attached hydrogens (tertiary/aromatic N) is 3.